The van der Waals surface area contributed by atoms with Crippen molar-refractivity contribution in [3.05, 3.63) is 70.7 Å². The van der Waals surface area contributed by atoms with Crippen molar-refractivity contribution >= 4 is 38.5 Å². The number of nitrogens with one attached hydrogen (secondary N) is 2. The first-order valence-electron chi connectivity index (χ1n) is 10.5. The van der Waals surface area contributed by atoms with Gasteiger partial charge >= 0.3 is 0 Å². The summed E-state index contributed by atoms with van der Waals surface area (Å²) in [4.78, 5) is 24.8. The molecule has 0 aliphatic heterocycles. The molecule has 0 aromatic heterocycles. The molecular formula is C25H27BrN2O4. The maximum atomic E-state index is 12.4. The van der Waals surface area contributed by atoms with Gasteiger partial charge < -0.3 is 9.47 Å². The molecule has 0 unspecified atom stereocenters. The zero-order valence-corrected chi connectivity index (χ0v) is 19.9. The Bertz CT molecular complexity index is 1100. The fraction of sp³-hybridized carbons (Fsp3) is 0.280. The third kappa shape index (κ3) is 6.47. The van der Waals surface area contributed by atoms with Crippen LogP contribution < -0.4 is 20.3 Å². The molecule has 0 radical (unpaired) electrons. The van der Waals surface area contributed by atoms with E-state index in [1.807, 2.05) is 42.5 Å². The van der Waals surface area contributed by atoms with Crippen LogP contribution in [-0.4, -0.2) is 24.5 Å². The molecule has 0 saturated heterocycles. The average Bonchev–Trinajstić information content (AvgIpc) is 2.77. The predicted molar refractivity (Wildman–Crippen MR) is 129 cm³/mol. The normalized spacial score (nSPS) is 11.8. The molecule has 0 aliphatic rings. The second-order valence-electron chi connectivity index (χ2n) is 7.89. The summed E-state index contributed by atoms with van der Waals surface area (Å²) < 4.78 is 12.1. The Labute approximate surface area is 196 Å². The van der Waals surface area contributed by atoms with E-state index >= 15 is 0 Å². The van der Waals surface area contributed by atoms with Gasteiger partial charge in [0.25, 0.3) is 11.8 Å². The molecule has 3 aromatic carbocycles. The molecule has 0 fully saturated rings. The first kappa shape index (κ1) is 23.6. The number of hydrogen-bond donors (Lipinski definition) is 2. The molecule has 2 amide bonds. The fourth-order valence-corrected chi connectivity index (χ4v) is 3.45. The number of hydrogen-bond acceptors (Lipinski definition) is 4. The van der Waals surface area contributed by atoms with Crippen molar-refractivity contribution in [3.63, 3.8) is 0 Å². The van der Waals surface area contributed by atoms with E-state index in [0.717, 1.165) is 17.2 Å². The van der Waals surface area contributed by atoms with Crippen molar-refractivity contribution in [1.82, 2.24) is 10.9 Å². The lowest BCUT2D eigenvalue weighted by Gasteiger charge is -2.16. The molecule has 0 heterocycles. The first-order valence-corrected chi connectivity index (χ1v) is 11.3. The monoisotopic (exact) mass is 498 g/mol. The van der Waals surface area contributed by atoms with E-state index in [2.05, 4.69) is 40.6 Å². The lowest BCUT2D eigenvalue weighted by atomic mass is 10.1. The van der Waals surface area contributed by atoms with Crippen LogP contribution in [0, 0.1) is 5.92 Å². The molecule has 0 saturated carbocycles. The molecule has 3 rings (SSSR count). The summed E-state index contributed by atoms with van der Waals surface area (Å²) in [6.45, 7) is 6.49. The molecular weight excluding hydrogens is 472 g/mol. The minimum atomic E-state index is -0.792. The summed E-state index contributed by atoms with van der Waals surface area (Å²) in [5.41, 5.74) is 5.21. The van der Waals surface area contributed by atoms with Crippen LogP contribution >= 0.6 is 15.9 Å². The fourth-order valence-electron chi connectivity index (χ4n) is 2.95. The highest BCUT2D eigenvalue weighted by atomic mass is 79.9. The second-order valence-corrected chi connectivity index (χ2v) is 8.74. The number of hydrazine groups is 1. The molecule has 3 aromatic rings. The Morgan fingerprint density at radius 2 is 1.69 bits per heavy atom. The molecule has 7 heteroatoms. The topological polar surface area (TPSA) is 76.7 Å². The van der Waals surface area contributed by atoms with Crippen LogP contribution in [0.4, 0.5) is 0 Å². The van der Waals surface area contributed by atoms with Crippen LogP contribution in [-0.2, 0) is 4.79 Å². The zero-order chi connectivity index (χ0) is 23.1. The molecule has 0 aliphatic carbocycles. The smallest absolute Gasteiger partial charge is 0.279 e. The van der Waals surface area contributed by atoms with Gasteiger partial charge in [0, 0.05) is 5.56 Å². The Morgan fingerprint density at radius 3 is 2.41 bits per heavy atom. The van der Waals surface area contributed by atoms with Gasteiger partial charge in [0.05, 0.1) is 11.1 Å². The number of amides is 2. The van der Waals surface area contributed by atoms with Crippen molar-refractivity contribution in [3.8, 4) is 11.5 Å². The maximum Gasteiger partial charge on any atom is 0.279 e. The van der Waals surface area contributed by atoms with Crippen molar-refractivity contribution < 1.29 is 19.1 Å². The molecule has 0 bridgehead atoms. The summed E-state index contributed by atoms with van der Waals surface area (Å²) in [6.07, 6.45) is 0.153. The number of benzene rings is 3. The number of rotatable bonds is 8. The Morgan fingerprint density at radius 1 is 0.938 bits per heavy atom. The minimum absolute atomic E-state index is 0.386. The van der Waals surface area contributed by atoms with Crippen LogP contribution in [0.3, 0.4) is 0 Å². The first-order chi connectivity index (χ1) is 15.3. The van der Waals surface area contributed by atoms with Gasteiger partial charge in [-0.3, -0.25) is 20.4 Å². The minimum Gasteiger partial charge on any atom is -0.492 e. The highest BCUT2D eigenvalue weighted by molar-refractivity contribution is 9.10. The molecule has 2 N–H and O–H groups in total. The number of halogens is 1. The van der Waals surface area contributed by atoms with Crippen LogP contribution in [0.25, 0.3) is 10.8 Å². The second kappa shape index (κ2) is 11.0. The Hall–Kier alpha value is -3.06. The Balaban J connectivity index is 1.52. The van der Waals surface area contributed by atoms with Crippen molar-refractivity contribution in [2.45, 2.75) is 33.3 Å². The van der Waals surface area contributed by atoms with E-state index in [0.29, 0.717) is 34.1 Å². The van der Waals surface area contributed by atoms with Gasteiger partial charge in [-0.2, -0.15) is 0 Å². The van der Waals surface area contributed by atoms with Gasteiger partial charge in [0.2, 0.25) is 0 Å². The number of ether oxygens (including phenoxy) is 2. The van der Waals surface area contributed by atoms with E-state index in [1.54, 1.807) is 25.1 Å². The largest absolute Gasteiger partial charge is 0.492 e. The lowest BCUT2D eigenvalue weighted by Crippen LogP contribution is -2.47. The van der Waals surface area contributed by atoms with E-state index in [9.17, 15) is 9.59 Å². The van der Waals surface area contributed by atoms with Crippen LogP contribution in [0.15, 0.2) is 65.1 Å². The average molecular weight is 499 g/mol. The van der Waals surface area contributed by atoms with Gasteiger partial charge in [-0.05, 0) is 76.3 Å². The van der Waals surface area contributed by atoms with Crippen molar-refractivity contribution in [2.24, 2.45) is 5.92 Å². The highest BCUT2D eigenvalue weighted by Gasteiger charge is 2.17. The molecule has 0 spiro atoms. The molecule has 168 valence electrons. The summed E-state index contributed by atoms with van der Waals surface area (Å²) in [6, 6.07) is 18.5. The van der Waals surface area contributed by atoms with E-state index in [1.165, 1.54) is 0 Å². The number of fused-ring (bicyclic) bond motifs is 1. The van der Waals surface area contributed by atoms with Crippen LogP contribution in [0.1, 0.15) is 37.6 Å². The third-order valence-corrected chi connectivity index (χ3v) is 5.47. The molecule has 1 atom stereocenters. The van der Waals surface area contributed by atoms with Gasteiger partial charge in [-0.25, -0.2) is 0 Å². The molecule has 32 heavy (non-hydrogen) atoms. The summed E-state index contributed by atoms with van der Waals surface area (Å²) in [7, 11) is 0. The van der Waals surface area contributed by atoms with Gasteiger partial charge in [-0.1, -0.05) is 44.2 Å². The van der Waals surface area contributed by atoms with Crippen molar-refractivity contribution in [2.75, 3.05) is 6.61 Å². The Kier molecular flexibility index (Phi) is 8.11. The highest BCUT2D eigenvalue weighted by Crippen LogP contribution is 2.26. The zero-order valence-electron chi connectivity index (χ0n) is 18.4. The number of carbonyl (C=O) groups excluding carboxylic acids is 2. The third-order valence-electron chi connectivity index (χ3n) is 4.85. The number of carbonyl (C=O) groups is 2. The SMILES string of the molecule is CC(C)CCOc1ccc(C(=O)NNC(=O)[C@@H](C)Oc2ccc3ccccc3c2)cc1Br. The van der Waals surface area contributed by atoms with Gasteiger partial charge in [-0.15, -0.1) is 0 Å². The van der Waals surface area contributed by atoms with Crippen LogP contribution in [0.5, 0.6) is 11.5 Å². The predicted octanol–water partition coefficient (Wildman–Crippen LogP) is 5.26. The van der Waals surface area contributed by atoms with Crippen molar-refractivity contribution in [1.29, 1.82) is 0 Å². The standard InChI is InChI=1S/C25H27BrN2O4/c1-16(2)12-13-31-23-11-9-20(15-22(23)26)25(30)28-27-24(29)17(3)32-21-10-8-18-6-4-5-7-19(18)14-21/h4-11,14-17H,12-13H2,1-3H3,(H,27,29)(H,28,30)/t17-/m1/s1. The van der Waals surface area contributed by atoms with E-state index in [4.69, 9.17) is 9.47 Å². The van der Waals surface area contributed by atoms with Gasteiger partial charge in [0.15, 0.2) is 6.10 Å². The lowest BCUT2D eigenvalue weighted by molar-refractivity contribution is -0.128. The van der Waals surface area contributed by atoms with E-state index in [-0.39, 0.29) is 0 Å². The summed E-state index contributed by atoms with van der Waals surface area (Å²) in [5, 5.41) is 2.11. The van der Waals surface area contributed by atoms with Gasteiger partial charge in [0.1, 0.15) is 11.5 Å². The summed E-state index contributed by atoms with van der Waals surface area (Å²) >= 11 is 3.43. The molecule has 6 nitrogen and oxygen atoms in total. The maximum absolute atomic E-state index is 12.4. The summed E-state index contributed by atoms with van der Waals surface area (Å²) in [5.74, 6) is 0.901. The van der Waals surface area contributed by atoms with E-state index < -0.39 is 17.9 Å². The van der Waals surface area contributed by atoms with Crippen LogP contribution in [0.2, 0.25) is 0 Å². The quantitative estimate of drug-likeness (QED) is 0.415.